The fourth-order valence-electron chi connectivity index (χ4n) is 2.74. The quantitative estimate of drug-likeness (QED) is 0.387. The lowest BCUT2D eigenvalue weighted by Gasteiger charge is -2.25. The van der Waals surface area contributed by atoms with E-state index < -0.39 is 18.9 Å². The minimum absolute atomic E-state index is 0.341. The van der Waals surface area contributed by atoms with Gasteiger partial charge < -0.3 is 28.4 Å². The Balaban J connectivity index is 3.37. The van der Waals surface area contributed by atoms with E-state index in [2.05, 4.69) is 13.8 Å². The average Bonchev–Trinajstić information content (AvgIpc) is 2.63. The summed E-state index contributed by atoms with van der Waals surface area (Å²) in [5.74, 6) is 1.98. The van der Waals surface area contributed by atoms with Gasteiger partial charge in [0.25, 0.3) is 0 Å². The van der Waals surface area contributed by atoms with E-state index in [-0.39, 0.29) is 0 Å². The van der Waals surface area contributed by atoms with Gasteiger partial charge in [0.1, 0.15) is 0 Å². The molecule has 6 heteroatoms. The molecule has 0 aromatic heterocycles. The second-order valence-corrected chi connectivity index (χ2v) is 6.58. The molecule has 0 N–H and O–H groups in total. The van der Waals surface area contributed by atoms with Crippen molar-refractivity contribution in [1.29, 1.82) is 0 Å². The van der Waals surface area contributed by atoms with Crippen molar-refractivity contribution in [3.63, 3.8) is 0 Å². The van der Waals surface area contributed by atoms with Crippen LogP contribution in [0.4, 0.5) is 0 Å². The van der Waals surface area contributed by atoms with Crippen LogP contribution in [0, 0.1) is 0 Å². The van der Waals surface area contributed by atoms with Crippen molar-refractivity contribution in [2.45, 2.75) is 86.6 Å². The van der Waals surface area contributed by atoms with Crippen LogP contribution in [0.15, 0.2) is 12.1 Å². The molecule has 4 atom stereocenters. The summed E-state index contributed by atoms with van der Waals surface area (Å²) in [7, 11) is 0. The second-order valence-electron chi connectivity index (χ2n) is 6.58. The first-order chi connectivity index (χ1) is 13.4. The van der Waals surface area contributed by atoms with E-state index in [4.69, 9.17) is 28.4 Å². The lowest BCUT2D eigenvalue weighted by atomic mass is 9.98. The van der Waals surface area contributed by atoms with Crippen molar-refractivity contribution >= 4 is 0 Å². The Kier molecular flexibility index (Phi) is 11.3. The third-order valence-electron chi connectivity index (χ3n) is 4.30. The van der Waals surface area contributed by atoms with Crippen molar-refractivity contribution < 1.29 is 28.4 Å². The lowest BCUT2D eigenvalue weighted by molar-refractivity contribution is -0.0849. The summed E-state index contributed by atoms with van der Waals surface area (Å²) in [6.07, 6.45) is -0.289. The topological polar surface area (TPSA) is 55.4 Å². The normalized spacial score (nSPS) is 15.6. The molecular weight excluding hydrogens is 360 g/mol. The van der Waals surface area contributed by atoms with E-state index in [0.29, 0.717) is 43.0 Å². The summed E-state index contributed by atoms with van der Waals surface area (Å²) in [6.45, 7) is 17.3. The monoisotopic (exact) mass is 398 g/mol. The SMILES string of the molecule is CCOC(C)Oc1cc(C(C)CC)cc(OC(C)OCC)c1OC(C)OCC. The van der Waals surface area contributed by atoms with Crippen LogP contribution in [0.25, 0.3) is 0 Å². The first kappa shape index (κ1) is 24.5. The van der Waals surface area contributed by atoms with Crippen molar-refractivity contribution in [2.75, 3.05) is 19.8 Å². The molecule has 0 amide bonds. The molecule has 4 unspecified atom stereocenters. The van der Waals surface area contributed by atoms with Crippen LogP contribution >= 0.6 is 0 Å². The highest BCUT2D eigenvalue weighted by molar-refractivity contribution is 5.54. The molecule has 1 rings (SSSR count). The van der Waals surface area contributed by atoms with Gasteiger partial charge in [0.15, 0.2) is 30.4 Å². The third-order valence-corrected chi connectivity index (χ3v) is 4.30. The molecule has 0 bridgehead atoms. The van der Waals surface area contributed by atoms with E-state index in [1.807, 2.05) is 53.7 Å². The Bertz CT molecular complexity index is 527. The van der Waals surface area contributed by atoms with Crippen LogP contribution in [0.1, 0.15) is 73.3 Å². The molecule has 0 saturated carbocycles. The van der Waals surface area contributed by atoms with E-state index in [9.17, 15) is 0 Å². The predicted molar refractivity (Wildman–Crippen MR) is 110 cm³/mol. The van der Waals surface area contributed by atoms with E-state index in [0.717, 1.165) is 12.0 Å². The second kappa shape index (κ2) is 12.9. The first-order valence-electron chi connectivity index (χ1n) is 10.4. The zero-order chi connectivity index (χ0) is 21.1. The Morgan fingerprint density at radius 1 is 0.643 bits per heavy atom. The summed E-state index contributed by atoms with van der Waals surface area (Å²) in [5.41, 5.74) is 1.11. The molecule has 0 aliphatic heterocycles. The van der Waals surface area contributed by atoms with Crippen molar-refractivity contribution in [3.8, 4) is 17.2 Å². The van der Waals surface area contributed by atoms with Gasteiger partial charge in [-0.2, -0.15) is 0 Å². The van der Waals surface area contributed by atoms with Crippen molar-refractivity contribution in [3.05, 3.63) is 17.7 Å². The number of rotatable bonds is 14. The smallest absolute Gasteiger partial charge is 0.206 e. The molecule has 1 aromatic rings. The summed E-state index contributed by atoms with van der Waals surface area (Å²) < 4.78 is 34.9. The summed E-state index contributed by atoms with van der Waals surface area (Å²) in [5, 5.41) is 0. The summed E-state index contributed by atoms with van der Waals surface area (Å²) in [6, 6.07) is 3.99. The lowest BCUT2D eigenvalue weighted by Crippen LogP contribution is -2.22. The molecule has 0 saturated heterocycles. The first-order valence-corrected chi connectivity index (χ1v) is 10.4. The number of benzene rings is 1. The van der Waals surface area contributed by atoms with E-state index in [1.54, 1.807) is 0 Å². The van der Waals surface area contributed by atoms with Crippen LogP contribution in [0.2, 0.25) is 0 Å². The molecule has 28 heavy (non-hydrogen) atoms. The van der Waals surface area contributed by atoms with Gasteiger partial charge in [0.05, 0.1) is 0 Å². The maximum Gasteiger partial charge on any atom is 0.206 e. The Hall–Kier alpha value is -1.50. The van der Waals surface area contributed by atoms with Crippen molar-refractivity contribution in [1.82, 2.24) is 0 Å². The van der Waals surface area contributed by atoms with Gasteiger partial charge in [0.2, 0.25) is 5.75 Å². The Morgan fingerprint density at radius 3 is 1.39 bits per heavy atom. The molecule has 6 nitrogen and oxygen atoms in total. The van der Waals surface area contributed by atoms with Crippen LogP contribution < -0.4 is 14.2 Å². The predicted octanol–water partition coefficient (Wildman–Crippen LogP) is 5.48. The summed E-state index contributed by atoms with van der Waals surface area (Å²) in [4.78, 5) is 0. The zero-order valence-corrected chi connectivity index (χ0v) is 18.7. The highest BCUT2D eigenvalue weighted by atomic mass is 16.7. The maximum absolute atomic E-state index is 6.06. The fraction of sp³-hybridized carbons (Fsp3) is 0.727. The fourth-order valence-corrected chi connectivity index (χ4v) is 2.74. The van der Waals surface area contributed by atoms with Gasteiger partial charge >= 0.3 is 0 Å². The zero-order valence-electron chi connectivity index (χ0n) is 18.7. The van der Waals surface area contributed by atoms with Gasteiger partial charge in [0, 0.05) is 19.8 Å². The molecule has 0 fully saturated rings. The number of hydrogen-bond acceptors (Lipinski definition) is 6. The van der Waals surface area contributed by atoms with Crippen LogP contribution in [0.5, 0.6) is 17.2 Å². The third kappa shape index (κ3) is 7.86. The van der Waals surface area contributed by atoms with Gasteiger partial charge in [-0.15, -0.1) is 0 Å². The van der Waals surface area contributed by atoms with Crippen molar-refractivity contribution in [2.24, 2.45) is 0 Å². The highest BCUT2D eigenvalue weighted by Gasteiger charge is 2.22. The van der Waals surface area contributed by atoms with Crippen LogP contribution in [-0.2, 0) is 14.2 Å². The van der Waals surface area contributed by atoms with E-state index >= 15 is 0 Å². The highest BCUT2D eigenvalue weighted by Crippen LogP contribution is 2.43. The minimum atomic E-state index is -0.450. The van der Waals surface area contributed by atoms with Gasteiger partial charge in [-0.25, -0.2) is 0 Å². The molecule has 1 aromatic carbocycles. The Labute approximate surface area is 170 Å². The summed E-state index contributed by atoms with van der Waals surface area (Å²) >= 11 is 0. The number of ether oxygens (including phenoxy) is 6. The van der Waals surface area contributed by atoms with Crippen LogP contribution in [0.3, 0.4) is 0 Å². The number of hydrogen-bond donors (Lipinski definition) is 0. The standard InChI is InChI=1S/C22H38O6/c1-9-15(5)19-13-20(26-16(6)23-10-2)22(28-18(8)25-12-4)21(14-19)27-17(7)24-11-3/h13-18H,9-12H2,1-8H3. The molecule has 0 heterocycles. The average molecular weight is 399 g/mol. The maximum atomic E-state index is 6.06. The van der Waals surface area contributed by atoms with Gasteiger partial charge in [-0.1, -0.05) is 13.8 Å². The molecule has 0 aliphatic carbocycles. The minimum Gasteiger partial charge on any atom is -0.461 e. The molecule has 0 aliphatic rings. The molecule has 0 radical (unpaired) electrons. The van der Waals surface area contributed by atoms with Gasteiger partial charge in [-0.3, -0.25) is 0 Å². The molecule has 162 valence electrons. The molecule has 0 spiro atoms. The van der Waals surface area contributed by atoms with Crippen LogP contribution in [-0.4, -0.2) is 38.7 Å². The molecular formula is C22H38O6. The van der Waals surface area contributed by atoms with E-state index in [1.165, 1.54) is 0 Å². The largest absolute Gasteiger partial charge is 0.461 e. The Morgan fingerprint density at radius 2 is 1.04 bits per heavy atom. The van der Waals surface area contributed by atoms with Gasteiger partial charge in [-0.05, 0) is 71.6 Å².